The van der Waals surface area contributed by atoms with Gasteiger partial charge in [-0.2, -0.15) is 0 Å². The summed E-state index contributed by atoms with van der Waals surface area (Å²) in [5, 5.41) is 7.45. The fraction of sp³-hybridized carbons (Fsp3) is 0.364. The molecule has 0 bridgehead atoms. The summed E-state index contributed by atoms with van der Waals surface area (Å²) in [7, 11) is 1.49. The Morgan fingerprint density at radius 3 is 2.63 bits per heavy atom. The Labute approximate surface area is 114 Å². The molecule has 0 aliphatic heterocycles. The van der Waals surface area contributed by atoms with Crippen molar-refractivity contribution in [3.63, 3.8) is 0 Å². The van der Waals surface area contributed by atoms with Crippen LogP contribution in [0.3, 0.4) is 0 Å². The minimum absolute atomic E-state index is 0.0934. The lowest BCUT2D eigenvalue weighted by Crippen LogP contribution is -2.06. The average Bonchev–Trinajstić information content (AvgIpc) is 3.06. The quantitative estimate of drug-likeness (QED) is 0.809. The molecule has 6 nitrogen and oxygen atoms in total. The summed E-state index contributed by atoms with van der Waals surface area (Å²) >= 11 is 0. The Balaban J connectivity index is 2.20. The molecule has 19 heavy (non-hydrogen) atoms. The van der Waals surface area contributed by atoms with Crippen LogP contribution in [-0.4, -0.2) is 28.2 Å². The van der Waals surface area contributed by atoms with Gasteiger partial charge in [0.1, 0.15) is 5.69 Å². The minimum atomic E-state index is -3.90. The van der Waals surface area contributed by atoms with Crippen LogP contribution in [-0.2, 0) is 9.05 Å². The number of halogens is 1. The van der Waals surface area contributed by atoms with E-state index in [9.17, 15) is 8.42 Å². The third-order valence-electron chi connectivity index (χ3n) is 2.91. The Hall–Kier alpha value is -1.47. The van der Waals surface area contributed by atoms with E-state index in [4.69, 9.17) is 10.7 Å². The fourth-order valence-corrected chi connectivity index (χ4v) is 2.87. The topological polar surface area (TPSA) is 77.7 Å². The van der Waals surface area contributed by atoms with E-state index in [0.717, 1.165) is 18.5 Å². The molecule has 0 unspecified atom stereocenters. The normalized spacial score (nSPS) is 15.7. The number of pyridine rings is 1. The van der Waals surface area contributed by atoms with Crippen LogP contribution in [0.1, 0.15) is 24.6 Å². The molecule has 1 fully saturated rings. The Morgan fingerprint density at radius 2 is 2.05 bits per heavy atom. The van der Waals surface area contributed by atoms with Crippen LogP contribution in [0.15, 0.2) is 23.4 Å². The standard InChI is InChI=1S/C11H11ClN4O2S/c1-7-3-2-4-9(13-7)10-14-15-11(19(12,17)18)16(10)8-5-6-8/h2-4,8H,5-6H2,1H3. The number of aromatic nitrogens is 4. The second-order valence-corrected chi connectivity index (χ2v) is 6.97. The molecular formula is C11H11ClN4O2S. The molecule has 1 aliphatic carbocycles. The van der Waals surface area contributed by atoms with Gasteiger partial charge in [0.2, 0.25) is 0 Å². The van der Waals surface area contributed by atoms with Crippen molar-refractivity contribution in [3.05, 3.63) is 23.9 Å². The van der Waals surface area contributed by atoms with Crippen LogP contribution >= 0.6 is 10.7 Å². The van der Waals surface area contributed by atoms with E-state index in [1.165, 1.54) is 0 Å². The molecule has 0 N–H and O–H groups in total. The summed E-state index contributed by atoms with van der Waals surface area (Å²) in [6.45, 7) is 1.86. The number of hydrogen-bond donors (Lipinski definition) is 0. The van der Waals surface area contributed by atoms with Gasteiger partial charge in [0.25, 0.3) is 14.2 Å². The first-order chi connectivity index (χ1) is 8.97. The zero-order chi connectivity index (χ0) is 13.6. The molecule has 2 heterocycles. The van der Waals surface area contributed by atoms with Gasteiger partial charge in [0.15, 0.2) is 5.82 Å². The molecule has 1 saturated carbocycles. The average molecular weight is 299 g/mol. The van der Waals surface area contributed by atoms with Gasteiger partial charge in [-0.15, -0.1) is 10.2 Å². The van der Waals surface area contributed by atoms with Gasteiger partial charge < -0.3 is 0 Å². The molecular weight excluding hydrogens is 288 g/mol. The summed E-state index contributed by atoms with van der Waals surface area (Å²) in [6.07, 6.45) is 1.80. The van der Waals surface area contributed by atoms with Crippen LogP contribution in [0.2, 0.25) is 0 Å². The molecule has 0 saturated heterocycles. The zero-order valence-corrected chi connectivity index (χ0v) is 11.7. The predicted octanol–water partition coefficient (Wildman–Crippen LogP) is 1.91. The maximum absolute atomic E-state index is 11.5. The van der Waals surface area contributed by atoms with Crippen molar-refractivity contribution >= 4 is 19.7 Å². The second-order valence-electron chi connectivity index (χ2n) is 4.51. The van der Waals surface area contributed by atoms with E-state index in [1.807, 2.05) is 19.1 Å². The van der Waals surface area contributed by atoms with Crippen molar-refractivity contribution < 1.29 is 8.42 Å². The first kappa shape index (κ1) is 12.6. The number of aryl methyl sites for hydroxylation is 1. The van der Waals surface area contributed by atoms with Crippen molar-refractivity contribution in [2.45, 2.75) is 31.0 Å². The van der Waals surface area contributed by atoms with Gasteiger partial charge in [-0.1, -0.05) is 6.07 Å². The SMILES string of the molecule is Cc1cccc(-c2nnc(S(=O)(=O)Cl)n2C2CC2)n1. The summed E-state index contributed by atoms with van der Waals surface area (Å²) < 4.78 is 24.6. The highest BCUT2D eigenvalue weighted by Gasteiger charge is 2.34. The van der Waals surface area contributed by atoms with Crippen molar-refractivity contribution in [1.82, 2.24) is 19.7 Å². The smallest absolute Gasteiger partial charge is 0.292 e. The van der Waals surface area contributed by atoms with Gasteiger partial charge in [-0.3, -0.25) is 4.57 Å². The van der Waals surface area contributed by atoms with Gasteiger partial charge in [0.05, 0.1) is 0 Å². The molecule has 0 radical (unpaired) electrons. The van der Waals surface area contributed by atoms with Crippen LogP contribution in [0.5, 0.6) is 0 Å². The lowest BCUT2D eigenvalue weighted by Gasteiger charge is -2.06. The molecule has 0 spiro atoms. The molecule has 0 amide bonds. The zero-order valence-electron chi connectivity index (χ0n) is 10.1. The van der Waals surface area contributed by atoms with E-state index in [1.54, 1.807) is 10.6 Å². The van der Waals surface area contributed by atoms with Gasteiger partial charge in [0, 0.05) is 22.4 Å². The second kappa shape index (κ2) is 4.28. The van der Waals surface area contributed by atoms with Gasteiger partial charge in [-0.25, -0.2) is 13.4 Å². The van der Waals surface area contributed by atoms with E-state index >= 15 is 0 Å². The van der Waals surface area contributed by atoms with Crippen LogP contribution in [0.4, 0.5) is 0 Å². The van der Waals surface area contributed by atoms with Crippen LogP contribution in [0, 0.1) is 6.92 Å². The van der Waals surface area contributed by atoms with E-state index < -0.39 is 9.05 Å². The molecule has 1 aliphatic rings. The predicted molar refractivity (Wildman–Crippen MR) is 69.3 cm³/mol. The van der Waals surface area contributed by atoms with Crippen molar-refractivity contribution in [3.8, 4) is 11.5 Å². The summed E-state index contributed by atoms with van der Waals surface area (Å²) in [6, 6.07) is 5.58. The first-order valence-corrected chi connectivity index (χ1v) is 8.11. The lowest BCUT2D eigenvalue weighted by molar-refractivity contribution is 0.579. The Kier molecular flexibility index (Phi) is 2.83. The van der Waals surface area contributed by atoms with E-state index in [-0.39, 0.29) is 11.2 Å². The van der Waals surface area contributed by atoms with Crippen LogP contribution in [0.25, 0.3) is 11.5 Å². The maximum Gasteiger partial charge on any atom is 0.296 e. The molecule has 100 valence electrons. The summed E-state index contributed by atoms with van der Waals surface area (Å²) in [4.78, 5) is 4.35. The molecule has 0 atom stereocenters. The third-order valence-corrected chi connectivity index (χ3v) is 4.04. The highest BCUT2D eigenvalue weighted by molar-refractivity contribution is 8.13. The third kappa shape index (κ3) is 2.35. The highest BCUT2D eigenvalue weighted by atomic mass is 35.7. The van der Waals surface area contributed by atoms with Crippen molar-refractivity contribution in [1.29, 1.82) is 0 Å². The first-order valence-electron chi connectivity index (χ1n) is 5.80. The maximum atomic E-state index is 11.5. The Bertz CT molecular complexity index is 737. The lowest BCUT2D eigenvalue weighted by atomic mass is 10.3. The van der Waals surface area contributed by atoms with Gasteiger partial charge in [-0.05, 0) is 31.9 Å². The van der Waals surface area contributed by atoms with Crippen molar-refractivity contribution in [2.75, 3.05) is 0 Å². The van der Waals surface area contributed by atoms with Gasteiger partial charge >= 0.3 is 0 Å². The molecule has 0 aromatic carbocycles. The van der Waals surface area contributed by atoms with E-state index in [2.05, 4.69) is 15.2 Å². The minimum Gasteiger partial charge on any atom is -0.292 e. The summed E-state index contributed by atoms with van der Waals surface area (Å²) in [5.41, 5.74) is 1.43. The van der Waals surface area contributed by atoms with Crippen LogP contribution < -0.4 is 0 Å². The number of nitrogens with zero attached hydrogens (tertiary/aromatic N) is 4. The molecule has 2 aromatic heterocycles. The fourth-order valence-electron chi connectivity index (χ4n) is 1.95. The number of hydrogen-bond acceptors (Lipinski definition) is 5. The molecule has 8 heteroatoms. The Morgan fingerprint density at radius 1 is 1.32 bits per heavy atom. The molecule has 2 aromatic rings. The monoisotopic (exact) mass is 298 g/mol. The largest absolute Gasteiger partial charge is 0.296 e. The molecule has 3 rings (SSSR count). The van der Waals surface area contributed by atoms with Crippen molar-refractivity contribution in [2.24, 2.45) is 0 Å². The highest BCUT2D eigenvalue weighted by Crippen LogP contribution is 2.40. The van der Waals surface area contributed by atoms with E-state index in [0.29, 0.717) is 11.5 Å². The number of rotatable bonds is 3. The summed E-state index contributed by atoms with van der Waals surface area (Å²) in [5.74, 6) is 0.449.